The number of phenolic OH excluding ortho intramolecular Hbond substituents is 1. The Labute approximate surface area is 241 Å². The summed E-state index contributed by atoms with van der Waals surface area (Å²) >= 11 is 0. The first-order chi connectivity index (χ1) is 19.2. The summed E-state index contributed by atoms with van der Waals surface area (Å²) in [5.74, 6) is -2.40. The van der Waals surface area contributed by atoms with Gasteiger partial charge in [0.15, 0.2) is 5.78 Å². The van der Waals surface area contributed by atoms with Crippen LogP contribution in [0.4, 0.5) is 10.5 Å². The smallest absolute Gasteiger partial charge is 0.411 e. The number of carbonyl (C=O) groups excluding carboxylic acids is 4. The molecule has 2 aromatic carbocycles. The second-order valence-corrected chi connectivity index (χ2v) is 10.2. The number of aliphatic hydroxyl groups is 2. The lowest BCUT2D eigenvalue weighted by Gasteiger charge is -2.31. The predicted molar refractivity (Wildman–Crippen MR) is 155 cm³/mol. The number of hydrogen-bond donors (Lipinski definition) is 4. The number of Topliss-reactive ketones (excluding diaryl/α,β-unsaturated/α-hetero) is 3. The number of anilines is 1. The van der Waals surface area contributed by atoms with E-state index in [1.165, 1.54) is 20.1 Å². The zero-order valence-corrected chi connectivity index (χ0v) is 23.4. The number of aromatic hydroxyl groups is 1. The van der Waals surface area contributed by atoms with Gasteiger partial charge in [0.2, 0.25) is 0 Å². The van der Waals surface area contributed by atoms with Gasteiger partial charge in [0.25, 0.3) is 0 Å². The van der Waals surface area contributed by atoms with Crippen LogP contribution >= 0.6 is 0 Å². The van der Waals surface area contributed by atoms with Crippen molar-refractivity contribution in [3.05, 3.63) is 47.5 Å². The van der Waals surface area contributed by atoms with Gasteiger partial charge in [-0.15, -0.1) is 0 Å². The van der Waals surface area contributed by atoms with Crippen molar-refractivity contribution in [2.24, 2.45) is 17.8 Å². The van der Waals surface area contributed by atoms with Gasteiger partial charge in [0.1, 0.15) is 23.9 Å². The first-order valence-corrected chi connectivity index (χ1v) is 13.3. The molecule has 0 aliphatic heterocycles. The summed E-state index contributed by atoms with van der Waals surface area (Å²) in [6.07, 6.45) is 0.343. The quantitative estimate of drug-likeness (QED) is 0.193. The molecule has 41 heavy (non-hydrogen) atoms. The molecular weight excluding hydrogens is 534 g/mol. The van der Waals surface area contributed by atoms with Crippen molar-refractivity contribution in [1.82, 2.24) is 0 Å². The van der Waals surface area contributed by atoms with Crippen LogP contribution in [0.5, 0.6) is 5.75 Å². The number of ether oxygens (including phenoxy) is 2. The standard InChI is InChI=1S/C30H37NO9.H2O.2H2/c1-18(34)13-27(36)25(17-33)21(9-10-32)14-19-15-24-23(7-8-26(35)29(24)28(37)16-19)20-3-5-22(6-4-20)31-30(38)40-12-11-39-2;;;/h3-8,19,21,25,32-33,35H,9-17H2,1-2H3,(H,31,38);1H2;2*1H. The lowest BCUT2D eigenvalue weighted by molar-refractivity contribution is -0.131. The molecule has 0 heterocycles. The lowest BCUT2D eigenvalue weighted by Crippen LogP contribution is -2.32. The van der Waals surface area contributed by atoms with E-state index < -0.39 is 24.5 Å². The fraction of sp³-hybridized carbons (Fsp3) is 0.467. The number of benzene rings is 2. The number of aliphatic hydroxyl groups excluding tert-OH is 2. The van der Waals surface area contributed by atoms with Gasteiger partial charge < -0.3 is 30.3 Å². The van der Waals surface area contributed by atoms with Crippen molar-refractivity contribution in [3.63, 3.8) is 0 Å². The molecule has 0 spiro atoms. The number of methoxy groups -OCH3 is 1. The number of nitrogens with one attached hydrogen (secondary N) is 1. The van der Waals surface area contributed by atoms with E-state index in [4.69, 9.17) is 9.47 Å². The number of hydrogen-bond acceptors (Lipinski definition) is 9. The van der Waals surface area contributed by atoms with Gasteiger partial charge in [-0.25, -0.2) is 4.79 Å². The number of carbonyl (C=O) groups is 4. The SMILES string of the molecule is COCCOC(=O)Nc1ccc(-c2ccc(O)c3c2CC(CC(CCO)C(CO)C(=O)CC(C)=O)CC3=O)cc1.O.[HH].[HH]. The summed E-state index contributed by atoms with van der Waals surface area (Å²) in [6, 6.07) is 10.2. The van der Waals surface area contributed by atoms with Crippen molar-refractivity contribution in [2.75, 3.05) is 38.9 Å². The molecule has 228 valence electrons. The van der Waals surface area contributed by atoms with Gasteiger partial charge >= 0.3 is 6.09 Å². The van der Waals surface area contributed by atoms with E-state index in [-0.39, 0.29) is 82.0 Å². The monoisotopic (exact) mass is 577 g/mol. The number of amides is 1. The third-order valence-corrected chi connectivity index (χ3v) is 7.24. The Hall–Kier alpha value is -3.64. The zero-order valence-electron chi connectivity index (χ0n) is 23.4. The average Bonchev–Trinajstić information content (AvgIpc) is 2.89. The average molecular weight is 578 g/mol. The number of phenols is 1. The first kappa shape index (κ1) is 33.6. The molecule has 0 saturated heterocycles. The van der Waals surface area contributed by atoms with Crippen molar-refractivity contribution in [3.8, 4) is 16.9 Å². The lowest BCUT2D eigenvalue weighted by atomic mass is 9.72. The van der Waals surface area contributed by atoms with Crippen LogP contribution in [0.25, 0.3) is 11.1 Å². The van der Waals surface area contributed by atoms with Crippen LogP contribution in [-0.2, 0) is 25.5 Å². The molecule has 0 radical (unpaired) electrons. The molecule has 3 rings (SSSR count). The summed E-state index contributed by atoms with van der Waals surface area (Å²) in [4.78, 5) is 49.3. The number of fused-ring (bicyclic) bond motifs is 1. The fourth-order valence-electron chi connectivity index (χ4n) is 5.39. The van der Waals surface area contributed by atoms with Crippen LogP contribution in [0, 0.1) is 17.8 Å². The molecule has 1 aliphatic carbocycles. The molecule has 3 unspecified atom stereocenters. The molecule has 3 atom stereocenters. The van der Waals surface area contributed by atoms with Gasteiger partial charge in [0, 0.05) is 34.6 Å². The molecule has 6 N–H and O–H groups in total. The van der Waals surface area contributed by atoms with Crippen LogP contribution in [0.2, 0.25) is 0 Å². The highest BCUT2D eigenvalue weighted by molar-refractivity contribution is 6.03. The second kappa shape index (κ2) is 16.0. The summed E-state index contributed by atoms with van der Waals surface area (Å²) in [5, 5.41) is 32.8. The number of ketones is 3. The minimum absolute atomic E-state index is 0. The second-order valence-electron chi connectivity index (χ2n) is 10.2. The van der Waals surface area contributed by atoms with Crippen LogP contribution in [0.3, 0.4) is 0 Å². The molecule has 0 aromatic heterocycles. The third-order valence-electron chi connectivity index (χ3n) is 7.24. The molecule has 1 amide bonds. The fourth-order valence-corrected chi connectivity index (χ4v) is 5.39. The Morgan fingerprint density at radius 3 is 2.39 bits per heavy atom. The summed E-state index contributed by atoms with van der Waals surface area (Å²) in [6.45, 7) is 1.08. The van der Waals surface area contributed by atoms with E-state index in [2.05, 4.69) is 5.32 Å². The maximum atomic E-state index is 13.2. The van der Waals surface area contributed by atoms with E-state index in [0.717, 1.165) is 11.1 Å². The summed E-state index contributed by atoms with van der Waals surface area (Å²) in [7, 11) is 1.51. The van der Waals surface area contributed by atoms with Gasteiger partial charge in [-0.2, -0.15) is 0 Å². The Bertz CT molecular complexity index is 1220. The van der Waals surface area contributed by atoms with E-state index in [1.54, 1.807) is 30.3 Å². The van der Waals surface area contributed by atoms with Gasteiger partial charge in [-0.1, -0.05) is 18.2 Å². The minimum atomic E-state index is -0.808. The number of rotatable bonds is 14. The van der Waals surface area contributed by atoms with Crippen LogP contribution < -0.4 is 5.32 Å². The third kappa shape index (κ3) is 8.92. The first-order valence-electron chi connectivity index (χ1n) is 13.3. The normalized spacial score (nSPS) is 15.7. The van der Waals surface area contributed by atoms with Crippen LogP contribution in [0.15, 0.2) is 36.4 Å². The molecule has 1 aliphatic rings. The molecule has 0 fully saturated rings. The maximum absolute atomic E-state index is 13.2. The van der Waals surface area contributed by atoms with Crippen molar-refractivity contribution < 1.29 is 52.3 Å². The largest absolute Gasteiger partial charge is 0.507 e. The predicted octanol–water partition coefficient (Wildman–Crippen LogP) is 3.21. The highest BCUT2D eigenvalue weighted by Crippen LogP contribution is 2.41. The zero-order chi connectivity index (χ0) is 29.2. The van der Waals surface area contributed by atoms with E-state index in [1.807, 2.05) is 0 Å². The topological polar surface area (TPSA) is 191 Å². The van der Waals surface area contributed by atoms with Crippen molar-refractivity contribution in [1.29, 1.82) is 0 Å². The highest BCUT2D eigenvalue weighted by Gasteiger charge is 2.35. The Kier molecular flexibility index (Phi) is 13.1. The molecule has 0 bridgehead atoms. The van der Waals surface area contributed by atoms with Gasteiger partial charge in [-0.05, 0) is 72.9 Å². The Balaban J connectivity index is 0.00000588. The Morgan fingerprint density at radius 1 is 1.07 bits per heavy atom. The molecule has 0 saturated carbocycles. The van der Waals surface area contributed by atoms with Crippen molar-refractivity contribution in [2.45, 2.75) is 39.0 Å². The highest BCUT2D eigenvalue weighted by atomic mass is 16.6. The summed E-state index contributed by atoms with van der Waals surface area (Å²) < 4.78 is 9.86. The summed E-state index contributed by atoms with van der Waals surface area (Å²) in [5.41, 5.74) is 3.00. The van der Waals surface area contributed by atoms with E-state index in [0.29, 0.717) is 24.1 Å². The van der Waals surface area contributed by atoms with Gasteiger partial charge in [0.05, 0.1) is 25.2 Å². The van der Waals surface area contributed by atoms with Crippen LogP contribution in [-0.4, -0.2) is 77.8 Å². The molecule has 2 aromatic rings. The van der Waals surface area contributed by atoms with Crippen LogP contribution in [0.1, 0.15) is 51.4 Å². The Morgan fingerprint density at radius 2 is 1.78 bits per heavy atom. The molecular formula is C30H43NO10. The minimum Gasteiger partial charge on any atom is -0.507 e. The van der Waals surface area contributed by atoms with E-state index >= 15 is 0 Å². The molecule has 11 nitrogen and oxygen atoms in total. The maximum Gasteiger partial charge on any atom is 0.411 e. The molecule has 11 heteroatoms. The van der Waals surface area contributed by atoms with E-state index in [9.17, 15) is 34.5 Å². The van der Waals surface area contributed by atoms with Crippen molar-refractivity contribution >= 4 is 29.1 Å². The van der Waals surface area contributed by atoms with Gasteiger partial charge in [-0.3, -0.25) is 19.7 Å².